The standard InChI is InChI=1S/C20H10BrClS/c21-17-9-15-16-10-18(22)12-6-2-4-8-14(12)20(16)23-19(15)13-7-3-1-5-11(13)17/h1-10H. The van der Waals surface area contributed by atoms with Crippen LogP contribution in [0.3, 0.4) is 0 Å². The number of rotatable bonds is 0. The molecule has 4 aromatic carbocycles. The lowest BCUT2D eigenvalue weighted by Gasteiger charge is -2.03. The maximum absolute atomic E-state index is 6.54. The van der Waals surface area contributed by atoms with Crippen LogP contribution >= 0.6 is 38.9 Å². The molecule has 5 aromatic rings. The van der Waals surface area contributed by atoms with Gasteiger partial charge in [-0.2, -0.15) is 0 Å². The van der Waals surface area contributed by atoms with Crippen molar-refractivity contribution in [2.24, 2.45) is 0 Å². The second-order valence-corrected chi connectivity index (χ2v) is 7.95. The summed E-state index contributed by atoms with van der Waals surface area (Å²) in [6.45, 7) is 0. The monoisotopic (exact) mass is 396 g/mol. The van der Waals surface area contributed by atoms with Crippen molar-refractivity contribution < 1.29 is 0 Å². The van der Waals surface area contributed by atoms with E-state index in [-0.39, 0.29) is 0 Å². The van der Waals surface area contributed by atoms with Gasteiger partial charge in [-0.25, -0.2) is 0 Å². The minimum atomic E-state index is 0.817. The number of hydrogen-bond acceptors (Lipinski definition) is 1. The summed E-state index contributed by atoms with van der Waals surface area (Å²) in [4.78, 5) is 0. The van der Waals surface area contributed by atoms with E-state index in [1.807, 2.05) is 17.4 Å². The van der Waals surface area contributed by atoms with Crippen molar-refractivity contribution in [2.75, 3.05) is 0 Å². The number of fused-ring (bicyclic) bond motifs is 7. The largest absolute Gasteiger partial charge is 0.134 e. The van der Waals surface area contributed by atoms with E-state index in [9.17, 15) is 0 Å². The van der Waals surface area contributed by atoms with Crippen molar-refractivity contribution in [3.63, 3.8) is 0 Å². The second kappa shape index (κ2) is 4.94. The van der Waals surface area contributed by atoms with E-state index in [4.69, 9.17) is 11.6 Å². The molecule has 110 valence electrons. The van der Waals surface area contributed by atoms with Crippen molar-refractivity contribution in [3.8, 4) is 0 Å². The van der Waals surface area contributed by atoms with Gasteiger partial charge in [0, 0.05) is 45.8 Å². The Balaban J connectivity index is 2.12. The molecule has 0 N–H and O–H groups in total. The Kier molecular flexibility index (Phi) is 2.96. The van der Waals surface area contributed by atoms with Gasteiger partial charge in [-0.05, 0) is 17.5 Å². The Labute approximate surface area is 150 Å². The van der Waals surface area contributed by atoms with Gasteiger partial charge in [0.1, 0.15) is 0 Å². The summed E-state index contributed by atoms with van der Waals surface area (Å²) >= 11 is 12.1. The van der Waals surface area contributed by atoms with Crippen molar-refractivity contribution in [2.45, 2.75) is 0 Å². The second-order valence-electron chi connectivity index (χ2n) is 5.66. The van der Waals surface area contributed by atoms with Gasteiger partial charge >= 0.3 is 0 Å². The van der Waals surface area contributed by atoms with Gasteiger partial charge in [0.15, 0.2) is 0 Å². The molecular formula is C20H10BrClS. The highest BCUT2D eigenvalue weighted by Gasteiger charge is 2.14. The zero-order chi connectivity index (χ0) is 15.6. The number of thiophene rings is 1. The highest BCUT2D eigenvalue weighted by atomic mass is 79.9. The average molecular weight is 398 g/mol. The van der Waals surface area contributed by atoms with Gasteiger partial charge in [0.05, 0.1) is 0 Å². The van der Waals surface area contributed by atoms with Crippen LogP contribution < -0.4 is 0 Å². The van der Waals surface area contributed by atoms with E-state index >= 15 is 0 Å². The maximum atomic E-state index is 6.54. The minimum absolute atomic E-state index is 0.817. The summed E-state index contributed by atoms with van der Waals surface area (Å²) in [7, 11) is 0. The molecular weight excluding hydrogens is 388 g/mol. The molecule has 0 saturated carbocycles. The molecule has 23 heavy (non-hydrogen) atoms. The van der Waals surface area contributed by atoms with Gasteiger partial charge in [0.25, 0.3) is 0 Å². The van der Waals surface area contributed by atoms with Crippen LogP contribution in [0.15, 0.2) is 65.1 Å². The molecule has 0 fully saturated rings. The first-order chi connectivity index (χ1) is 11.2. The first-order valence-corrected chi connectivity index (χ1v) is 9.33. The first kappa shape index (κ1) is 13.8. The molecule has 3 heteroatoms. The summed E-state index contributed by atoms with van der Waals surface area (Å²) < 4.78 is 3.76. The lowest BCUT2D eigenvalue weighted by atomic mass is 10.0. The van der Waals surface area contributed by atoms with Gasteiger partial charge < -0.3 is 0 Å². The lowest BCUT2D eigenvalue weighted by molar-refractivity contribution is 1.78. The normalized spacial score (nSPS) is 11.9. The van der Waals surface area contributed by atoms with Crippen molar-refractivity contribution in [1.82, 2.24) is 0 Å². The zero-order valence-corrected chi connectivity index (χ0v) is 15.1. The molecule has 0 saturated heterocycles. The van der Waals surface area contributed by atoms with Crippen LogP contribution in [0.1, 0.15) is 0 Å². The highest BCUT2D eigenvalue weighted by Crippen LogP contribution is 2.45. The van der Waals surface area contributed by atoms with Crippen LogP contribution in [0, 0.1) is 0 Å². The van der Waals surface area contributed by atoms with E-state index < -0.39 is 0 Å². The van der Waals surface area contributed by atoms with Crippen LogP contribution in [0.25, 0.3) is 41.7 Å². The Hall–Kier alpha value is -1.61. The third-order valence-corrected chi connectivity index (χ3v) is 6.64. The van der Waals surface area contributed by atoms with Crippen LogP contribution in [-0.4, -0.2) is 0 Å². The average Bonchev–Trinajstić information content (AvgIpc) is 2.95. The maximum Gasteiger partial charge on any atom is 0.0491 e. The molecule has 0 aliphatic rings. The molecule has 5 rings (SSSR count). The van der Waals surface area contributed by atoms with E-state index in [2.05, 4.69) is 70.5 Å². The van der Waals surface area contributed by atoms with Crippen molar-refractivity contribution in [1.29, 1.82) is 0 Å². The molecule has 0 bridgehead atoms. The zero-order valence-electron chi connectivity index (χ0n) is 11.9. The molecule has 0 aliphatic heterocycles. The number of benzene rings is 4. The summed E-state index contributed by atoms with van der Waals surface area (Å²) in [5, 5.41) is 8.22. The minimum Gasteiger partial charge on any atom is -0.134 e. The van der Waals surface area contributed by atoms with E-state index in [1.165, 1.54) is 36.3 Å². The molecule has 0 aliphatic carbocycles. The third kappa shape index (κ3) is 1.89. The van der Waals surface area contributed by atoms with Crippen LogP contribution in [-0.2, 0) is 0 Å². The predicted molar refractivity (Wildman–Crippen MR) is 107 cm³/mol. The Morgan fingerprint density at radius 2 is 1.17 bits per heavy atom. The molecule has 0 radical (unpaired) electrons. The van der Waals surface area contributed by atoms with E-state index in [0.29, 0.717) is 0 Å². The predicted octanol–water partition coefficient (Wildman–Crippen LogP) is 7.78. The topological polar surface area (TPSA) is 0 Å². The SMILES string of the molecule is Clc1cc2c3cc(Br)c4ccccc4c3sc2c2ccccc12. The summed E-state index contributed by atoms with van der Waals surface area (Å²) in [6, 6.07) is 21.3. The van der Waals surface area contributed by atoms with Crippen molar-refractivity contribution in [3.05, 3.63) is 70.2 Å². The number of hydrogen-bond donors (Lipinski definition) is 0. The van der Waals surface area contributed by atoms with Crippen LogP contribution in [0.5, 0.6) is 0 Å². The Bertz CT molecular complexity index is 1140. The fraction of sp³-hybridized carbons (Fsp3) is 0. The Morgan fingerprint density at radius 3 is 1.87 bits per heavy atom. The number of halogens is 2. The van der Waals surface area contributed by atoms with Crippen LogP contribution in [0.4, 0.5) is 0 Å². The highest BCUT2D eigenvalue weighted by molar-refractivity contribution is 9.10. The summed E-state index contributed by atoms with van der Waals surface area (Å²) in [5.41, 5.74) is 0. The molecule has 1 heterocycles. The summed E-state index contributed by atoms with van der Waals surface area (Å²) in [6.07, 6.45) is 0. The van der Waals surface area contributed by atoms with Crippen LogP contribution in [0.2, 0.25) is 5.02 Å². The van der Waals surface area contributed by atoms with Crippen molar-refractivity contribution >= 4 is 80.6 Å². The quantitative estimate of drug-likeness (QED) is 0.250. The van der Waals surface area contributed by atoms with Gasteiger partial charge in [-0.3, -0.25) is 0 Å². The fourth-order valence-corrected chi connectivity index (χ4v) is 5.52. The van der Waals surface area contributed by atoms with Gasteiger partial charge in [0.2, 0.25) is 0 Å². The molecule has 0 nitrogen and oxygen atoms in total. The molecule has 0 spiro atoms. The van der Waals surface area contributed by atoms with E-state index in [1.54, 1.807) is 0 Å². The van der Waals surface area contributed by atoms with Gasteiger partial charge in [-0.1, -0.05) is 76.1 Å². The molecule has 0 unspecified atom stereocenters. The third-order valence-electron chi connectivity index (χ3n) is 4.38. The molecule has 0 amide bonds. The summed E-state index contributed by atoms with van der Waals surface area (Å²) in [5.74, 6) is 0. The fourth-order valence-electron chi connectivity index (χ4n) is 3.33. The smallest absolute Gasteiger partial charge is 0.0491 e. The van der Waals surface area contributed by atoms with E-state index in [0.717, 1.165) is 14.9 Å². The van der Waals surface area contributed by atoms with Gasteiger partial charge in [-0.15, -0.1) is 11.3 Å². The first-order valence-electron chi connectivity index (χ1n) is 7.35. The lowest BCUT2D eigenvalue weighted by Crippen LogP contribution is -1.77. The Morgan fingerprint density at radius 1 is 0.652 bits per heavy atom. The molecule has 1 aromatic heterocycles. The molecule has 0 atom stereocenters.